The van der Waals surface area contributed by atoms with Gasteiger partial charge < -0.3 is 15.8 Å². The van der Waals surface area contributed by atoms with Crippen molar-refractivity contribution in [3.05, 3.63) is 17.0 Å². The van der Waals surface area contributed by atoms with Gasteiger partial charge >= 0.3 is 5.97 Å². The summed E-state index contributed by atoms with van der Waals surface area (Å²) in [5.74, 6) is -0.773. The van der Waals surface area contributed by atoms with E-state index >= 15 is 0 Å². The van der Waals surface area contributed by atoms with E-state index in [9.17, 15) is 14.4 Å². The number of thiophene rings is 1. The lowest BCUT2D eigenvalue weighted by Gasteiger charge is -2.27. The highest BCUT2D eigenvalue weighted by molar-refractivity contribution is 7.14. The molecule has 2 amide bonds. The maximum absolute atomic E-state index is 12.3. The average Bonchev–Trinajstić information content (AvgIpc) is 3.08. The molecule has 1 aliphatic rings. The van der Waals surface area contributed by atoms with Gasteiger partial charge in [0.15, 0.2) is 6.10 Å². The van der Waals surface area contributed by atoms with Gasteiger partial charge in [-0.1, -0.05) is 26.2 Å². The number of amides is 2. The SMILES string of the molecule is CCCCC1CCC(C(=O)OC(C)C(=O)Nc2sccc2C(N)=O)CC1. The van der Waals surface area contributed by atoms with Crippen LogP contribution < -0.4 is 11.1 Å². The standard InChI is InChI=1S/C19H28N2O4S/c1-3-4-5-13-6-8-14(9-7-13)19(24)25-12(2)17(23)21-18-15(16(20)22)10-11-26-18/h10-14H,3-9H2,1-2H3,(H2,20,22)(H,21,23). The monoisotopic (exact) mass is 380 g/mol. The number of rotatable bonds is 8. The van der Waals surface area contributed by atoms with E-state index in [0.717, 1.165) is 25.7 Å². The van der Waals surface area contributed by atoms with Crippen LogP contribution in [0, 0.1) is 11.8 Å². The zero-order chi connectivity index (χ0) is 19.1. The largest absolute Gasteiger partial charge is 0.452 e. The molecule has 0 bridgehead atoms. The molecule has 0 radical (unpaired) electrons. The van der Waals surface area contributed by atoms with Crippen molar-refractivity contribution in [3.63, 3.8) is 0 Å². The number of carbonyl (C=O) groups excluding carboxylic acids is 3. The van der Waals surface area contributed by atoms with Crippen molar-refractivity contribution >= 4 is 34.1 Å². The fraction of sp³-hybridized carbons (Fsp3) is 0.632. The first kappa shape index (κ1) is 20.4. The molecule has 1 saturated carbocycles. The van der Waals surface area contributed by atoms with E-state index in [0.29, 0.717) is 10.9 Å². The molecule has 1 fully saturated rings. The number of hydrogen-bond donors (Lipinski definition) is 2. The predicted octanol–water partition coefficient (Wildman–Crippen LogP) is 3.71. The highest BCUT2D eigenvalue weighted by Crippen LogP contribution is 2.32. The van der Waals surface area contributed by atoms with Gasteiger partial charge in [-0.05, 0) is 50.0 Å². The first-order chi connectivity index (χ1) is 12.4. The van der Waals surface area contributed by atoms with E-state index in [1.165, 1.54) is 37.5 Å². The van der Waals surface area contributed by atoms with Crippen LogP contribution in [0.1, 0.15) is 69.2 Å². The van der Waals surface area contributed by atoms with Crippen molar-refractivity contribution in [2.75, 3.05) is 5.32 Å². The van der Waals surface area contributed by atoms with Crippen molar-refractivity contribution in [2.24, 2.45) is 17.6 Å². The molecule has 1 unspecified atom stereocenters. The molecule has 1 atom stereocenters. The van der Waals surface area contributed by atoms with Crippen LogP contribution in [-0.2, 0) is 14.3 Å². The summed E-state index contributed by atoms with van der Waals surface area (Å²) >= 11 is 1.20. The molecule has 7 heteroatoms. The van der Waals surface area contributed by atoms with Gasteiger partial charge in [-0.2, -0.15) is 0 Å². The number of nitrogens with one attached hydrogen (secondary N) is 1. The molecular weight excluding hydrogens is 352 g/mol. The molecule has 1 aromatic heterocycles. The van der Waals surface area contributed by atoms with E-state index < -0.39 is 17.9 Å². The zero-order valence-corrected chi connectivity index (χ0v) is 16.3. The Labute approximate surface area is 158 Å². The lowest BCUT2D eigenvalue weighted by atomic mass is 9.80. The smallest absolute Gasteiger partial charge is 0.309 e. The van der Waals surface area contributed by atoms with Gasteiger partial charge in [-0.15, -0.1) is 11.3 Å². The Balaban J connectivity index is 1.80. The average molecular weight is 381 g/mol. The Morgan fingerprint density at radius 1 is 1.31 bits per heavy atom. The minimum Gasteiger partial charge on any atom is -0.452 e. The summed E-state index contributed by atoms with van der Waals surface area (Å²) < 4.78 is 5.35. The maximum Gasteiger partial charge on any atom is 0.309 e. The van der Waals surface area contributed by atoms with E-state index in [2.05, 4.69) is 12.2 Å². The second-order valence-electron chi connectivity index (χ2n) is 6.96. The number of unbranched alkanes of at least 4 members (excludes halogenated alkanes) is 1. The van der Waals surface area contributed by atoms with Crippen LogP contribution >= 0.6 is 11.3 Å². The van der Waals surface area contributed by atoms with Crippen molar-refractivity contribution in [1.29, 1.82) is 0 Å². The zero-order valence-electron chi connectivity index (χ0n) is 15.5. The molecule has 6 nitrogen and oxygen atoms in total. The number of carbonyl (C=O) groups is 3. The van der Waals surface area contributed by atoms with Crippen LogP contribution in [0.4, 0.5) is 5.00 Å². The summed E-state index contributed by atoms with van der Waals surface area (Å²) in [4.78, 5) is 35.9. The van der Waals surface area contributed by atoms with Crippen LogP contribution in [0.25, 0.3) is 0 Å². The van der Waals surface area contributed by atoms with Crippen LogP contribution in [0.5, 0.6) is 0 Å². The highest BCUT2D eigenvalue weighted by Gasteiger charge is 2.29. The third-order valence-electron chi connectivity index (χ3n) is 4.98. The number of primary amides is 1. The quantitative estimate of drug-likeness (QED) is 0.672. The Morgan fingerprint density at radius 2 is 2.00 bits per heavy atom. The molecule has 2 rings (SSSR count). The highest BCUT2D eigenvalue weighted by atomic mass is 32.1. The third kappa shape index (κ3) is 5.56. The number of esters is 1. The lowest BCUT2D eigenvalue weighted by Crippen LogP contribution is -2.33. The summed E-state index contributed by atoms with van der Waals surface area (Å²) in [6.45, 7) is 3.73. The predicted molar refractivity (Wildman–Crippen MR) is 102 cm³/mol. The van der Waals surface area contributed by atoms with Gasteiger partial charge in [0.05, 0.1) is 11.5 Å². The minimum absolute atomic E-state index is 0.119. The lowest BCUT2D eigenvalue weighted by molar-refractivity contribution is -0.158. The van der Waals surface area contributed by atoms with E-state index in [1.54, 1.807) is 11.4 Å². The van der Waals surface area contributed by atoms with Crippen LogP contribution in [0.15, 0.2) is 11.4 Å². The normalized spacial score (nSPS) is 21.0. The van der Waals surface area contributed by atoms with Gasteiger partial charge in [0.2, 0.25) is 0 Å². The first-order valence-corrected chi connectivity index (χ1v) is 10.2. The van der Waals surface area contributed by atoms with Crippen molar-refractivity contribution < 1.29 is 19.1 Å². The molecule has 1 aromatic rings. The van der Waals surface area contributed by atoms with Crippen molar-refractivity contribution in [1.82, 2.24) is 0 Å². The Morgan fingerprint density at radius 3 is 2.62 bits per heavy atom. The fourth-order valence-electron chi connectivity index (χ4n) is 3.32. The second kappa shape index (κ2) is 9.71. The van der Waals surface area contributed by atoms with Gasteiger partial charge in [0.25, 0.3) is 11.8 Å². The number of nitrogens with two attached hydrogens (primary N) is 1. The summed E-state index contributed by atoms with van der Waals surface area (Å²) in [5.41, 5.74) is 5.52. The molecule has 0 spiro atoms. The number of ether oxygens (including phenoxy) is 1. The number of hydrogen-bond acceptors (Lipinski definition) is 5. The van der Waals surface area contributed by atoms with E-state index in [-0.39, 0.29) is 17.5 Å². The topological polar surface area (TPSA) is 98.5 Å². The third-order valence-corrected chi connectivity index (χ3v) is 5.81. The van der Waals surface area contributed by atoms with Gasteiger partial charge in [0, 0.05) is 0 Å². The van der Waals surface area contributed by atoms with Crippen molar-refractivity contribution in [3.8, 4) is 0 Å². The Hall–Kier alpha value is -1.89. The van der Waals surface area contributed by atoms with E-state index in [1.807, 2.05) is 0 Å². The molecule has 0 aliphatic heterocycles. The molecule has 144 valence electrons. The van der Waals surface area contributed by atoms with Crippen LogP contribution in [-0.4, -0.2) is 23.9 Å². The van der Waals surface area contributed by atoms with Gasteiger partial charge in [-0.3, -0.25) is 14.4 Å². The second-order valence-corrected chi connectivity index (χ2v) is 7.87. The number of anilines is 1. The first-order valence-electron chi connectivity index (χ1n) is 9.31. The minimum atomic E-state index is -0.914. The van der Waals surface area contributed by atoms with Gasteiger partial charge in [0.1, 0.15) is 5.00 Å². The molecule has 0 saturated heterocycles. The fourth-order valence-corrected chi connectivity index (χ4v) is 4.11. The van der Waals surface area contributed by atoms with E-state index in [4.69, 9.17) is 10.5 Å². The Kier molecular flexibility index (Phi) is 7.63. The summed E-state index contributed by atoms with van der Waals surface area (Å²) in [5, 5.41) is 4.66. The molecule has 1 heterocycles. The maximum atomic E-state index is 12.3. The van der Waals surface area contributed by atoms with Crippen LogP contribution in [0.3, 0.4) is 0 Å². The molecule has 26 heavy (non-hydrogen) atoms. The molecule has 3 N–H and O–H groups in total. The summed E-state index contributed by atoms with van der Waals surface area (Å²) in [6.07, 6.45) is 6.54. The van der Waals surface area contributed by atoms with Gasteiger partial charge in [-0.25, -0.2) is 0 Å². The summed E-state index contributed by atoms with van der Waals surface area (Å²) in [7, 11) is 0. The molecule has 0 aromatic carbocycles. The van der Waals surface area contributed by atoms with Crippen molar-refractivity contribution in [2.45, 2.75) is 64.9 Å². The Bertz CT molecular complexity index is 635. The molecule has 1 aliphatic carbocycles. The molecular formula is C19H28N2O4S. The van der Waals surface area contributed by atoms with Crippen LogP contribution in [0.2, 0.25) is 0 Å². The summed E-state index contributed by atoms with van der Waals surface area (Å²) in [6, 6.07) is 1.55.